The summed E-state index contributed by atoms with van der Waals surface area (Å²) in [6.45, 7) is 4.28. The van der Waals surface area contributed by atoms with Gasteiger partial charge < -0.3 is 10.2 Å². The second kappa shape index (κ2) is 5.26. The molecule has 2 aromatic rings. The van der Waals surface area contributed by atoms with Crippen LogP contribution in [0.25, 0.3) is 0 Å². The zero-order valence-electron chi connectivity index (χ0n) is 11.1. The Morgan fingerprint density at radius 1 is 1.05 bits per heavy atom. The largest absolute Gasteiger partial charge is 0.356 e. The van der Waals surface area contributed by atoms with Crippen LogP contribution in [0, 0.1) is 6.92 Å². The number of aromatic nitrogens is 2. The molecule has 1 N–H and O–H groups in total. The predicted molar refractivity (Wildman–Crippen MR) is 77.9 cm³/mol. The van der Waals surface area contributed by atoms with Crippen molar-refractivity contribution in [1.29, 1.82) is 0 Å². The molecule has 0 spiro atoms. The molecule has 4 heteroatoms. The summed E-state index contributed by atoms with van der Waals surface area (Å²) in [6, 6.07) is 10.3. The Labute approximate surface area is 113 Å². The monoisotopic (exact) mass is 254 g/mol. The van der Waals surface area contributed by atoms with Gasteiger partial charge in [-0.2, -0.15) is 0 Å². The van der Waals surface area contributed by atoms with E-state index in [4.69, 9.17) is 0 Å². The van der Waals surface area contributed by atoms with Crippen LogP contribution in [-0.2, 0) is 0 Å². The van der Waals surface area contributed by atoms with Gasteiger partial charge in [-0.1, -0.05) is 17.7 Å². The smallest absolute Gasteiger partial charge is 0.135 e. The Bertz CT molecular complexity index is 544. The third kappa shape index (κ3) is 2.84. The average Bonchev–Trinajstić information content (AvgIpc) is 2.96. The van der Waals surface area contributed by atoms with Crippen LogP contribution < -0.4 is 10.2 Å². The van der Waals surface area contributed by atoms with Crippen LogP contribution >= 0.6 is 0 Å². The fourth-order valence-corrected chi connectivity index (χ4v) is 2.32. The molecular formula is C15H18N4. The molecular weight excluding hydrogens is 236 g/mol. The summed E-state index contributed by atoms with van der Waals surface area (Å²) < 4.78 is 0. The molecule has 1 aliphatic rings. The molecule has 0 aliphatic carbocycles. The molecule has 0 saturated carbocycles. The highest BCUT2D eigenvalue weighted by Gasteiger charge is 2.13. The van der Waals surface area contributed by atoms with Crippen LogP contribution in [0.5, 0.6) is 0 Å². The number of nitrogens with zero attached hydrogens (tertiary/aromatic N) is 3. The standard InChI is InChI=1S/C15H18N4/c1-12-4-6-13(7-5-12)18-14-10-15(17-11-16-14)19-8-2-3-9-19/h4-7,10-11H,2-3,8-9H2,1H3,(H,16,17,18). The first-order valence-corrected chi connectivity index (χ1v) is 6.72. The van der Waals surface area contributed by atoms with E-state index in [2.05, 4.69) is 51.4 Å². The van der Waals surface area contributed by atoms with Crippen molar-refractivity contribution in [2.24, 2.45) is 0 Å². The first kappa shape index (κ1) is 12.0. The number of rotatable bonds is 3. The Hall–Kier alpha value is -2.10. The van der Waals surface area contributed by atoms with E-state index >= 15 is 0 Å². The van der Waals surface area contributed by atoms with E-state index in [1.807, 2.05) is 6.07 Å². The van der Waals surface area contributed by atoms with E-state index < -0.39 is 0 Å². The second-order valence-corrected chi connectivity index (χ2v) is 4.95. The molecule has 0 atom stereocenters. The quantitative estimate of drug-likeness (QED) is 0.913. The van der Waals surface area contributed by atoms with Crippen LogP contribution in [-0.4, -0.2) is 23.1 Å². The van der Waals surface area contributed by atoms with Crippen LogP contribution in [0.15, 0.2) is 36.7 Å². The van der Waals surface area contributed by atoms with E-state index in [0.29, 0.717) is 0 Å². The minimum Gasteiger partial charge on any atom is -0.356 e. The summed E-state index contributed by atoms with van der Waals surface area (Å²) in [5.74, 6) is 1.86. The summed E-state index contributed by atoms with van der Waals surface area (Å²) in [5, 5.41) is 3.32. The summed E-state index contributed by atoms with van der Waals surface area (Å²) in [6.07, 6.45) is 4.14. The molecule has 2 heterocycles. The van der Waals surface area contributed by atoms with Gasteiger partial charge in [0.05, 0.1) is 0 Å². The lowest BCUT2D eigenvalue weighted by molar-refractivity contribution is 0.928. The topological polar surface area (TPSA) is 41.0 Å². The number of nitrogens with one attached hydrogen (secondary N) is 1. The van der Waals surface area contributed by atoms with Crippen molar-refractivity contribution >= 4 is 17.3 Å². The molecule has 0 bridgehead atoms. The fraction of sp³-hybridized carbons (Fsp3) is 0.333. The van der Waals surface area contributed by atoms with Gasteiger partial charge in [-0.05, 0) is 31.9 Å². The maximum Gasteiger partial charge on any atom is 0.135 e. The van der Waals surface area contributed by atoms with Crippen molar-refractivity contribution in [2.75, 3.05) is 23.3 Å². The third-order valence-electron chi connectivity index (χ3n) is 3.41. The van der Waals surface area contributed by atoms with Crippen molar-refractivity contribution in [3.8, 4) is 0 Å². The molecule has 3 rings (SSSR count). The van der Waals surface area contributed by atoms with E-state index in [9.17, 15) is 0 Å². The second-order valence-electron chi connectivity index (χ2n) is 4.95. The maximum absolute atomic E-state index is 4.35. The van der Waals surface area contributed by atoms with Gasteiger partial charge in [-0.25, -0.2) is 9.97 Å². The highest BCUT2D eigenvalue weighted by molar-refractivity contribution is 5.59. The fourth-order valence-electron chi connectivity index (χ4n) is 2.32. The minimum atomic E-state index is 0.848. The Kier molecular flexibility index (Phi) is 3.31. The Morgan fingerprint density at radius 2 is 1.79 bits per heavy atom. The number of benzene rings is 1. The van der Waals surface area contributed by atoms with Crippen molar-refractivity contribution in [3.05, 3.63) is 42.2 Å². The molecule has 0 radical (unpaired) electrons. The van der Waals surface area contributed by atoms with E-state index in [-0.39, 0.29) is 0 Å². The molecule has 1 aliphatic heterocycles. The highest BCUT2D eigenvalue weighted by atomic mass is 15.2. The lowest BCUT2D eigenvalue weighted by Gasteiger charge is -2.16. The predicted octanol–water partition coefficient (Wildman–Crippen LogP) is 3.13. The molecule has 4 nitrogen and oxygen atoms in total. The van der Waals surface area contributed by atoms with Gasteiger partial charge in [0.1, 0.15) is 18.0 Å². The lowest BCUT2D eigenvalue weighted by atomic mass is 10.2. The molecule has 1 aromatic carbocycles. The van der Waals surface area contributed by atoms with Crippen LogP contribution in [0.1, 0.15) is 18.4 Å². The van der Waals surface area contributed by atoms with E-state index in [0.717, 1.165) is 30.4 Å². The summed E-state index contributed by atoms with van der Waals surface area (Å²) in [7, 11) is 0. The summed E-state index contributed by atoms with van der Waals surface area (Å²) >= 11 is 0. The molecule has 0 amide bonds. The van der Waals surface area contributed by atoms with Crippen molar-refractivity contribution in [2.45, 2.75) is 19.8 Å². The Balaban J connectivity index is 1.77. The zero-order valence-corrected chi connectivity index (χ0v) is 11.1. The van der Waals surface area contributed by atoms with Gasteiger partial charge in [0, 0.05) is 24.8 Å². The normalized spacial score (nSPS) is 14.7. The van der Waals surface area contributed by atoms with Crippen LogP contribution in [0.2, 0.25) is 0 Å². The van der Waals surface area contributed by atoms with Gasteiger partial charge in [0.2, 0.25) is 0 Å². The van der Waals surface area contributed by atoms with Crippen molar-refractivity contribution in [1.82, 2.24) is 9.97 Å². The summed E-state index contributed by atoms with van der Waals surface area (Å²) in [5.41, 5.74) is 2.31. The lowest BCUT2D eigenvalue weighted by Crippen LogP contribution is -2.19. The zero-order chi connectivity index (χ0) is 13.1. The van der Waals surface area contributed by atoms with E-state index in [1.165, 1.54) is 18.4 Å². The van der Waals surface area contributed by atoms with Gasteiger partial charge in [-0.15, -0.1) is 0 Å². The van der Waals surface area contributed by atoms with Gasteiger partial charge in [0.15, 0.2) is 0 Å². The van der Waals surface area contributed by atoms with E-state index in [1.54, 1.807) is 6.33 Å². The van der Waals surface area contributed by atoms with Crippen LogP contribution in [0.3, 0.4) is 0 Å². The van der Waals surface area contributed by atoms with Gasteiger partial charge in [-0.3, -0.25) is 0 Å². The average molecular weight is 254 g/mol. The molecule has 98 valence electrons. The third-order valence-corrected chi connectivity index (χ3v) is 3.41. The molecule has 1 saturated heterocycles. The molecule has 1 aromatic heterocycles. The maximum atomic E-state index is 4.35. The van der Waals surface area contributed by atoms with Crippen LogP contribution in [0.4, 0.5) is 17.3 Å². The minimum absolute atomic E-state index is 0.848. The Morgan fingerprint density at radius 3 is 2.53 bits per heavy atom. The number of anilines is 3. The molecule has 1 fully saturated rings. The number of hydrogen-bond acceptors (Lipinski definition) is 4. The number of hydrogen-bond donors (Lipinski definition) is 1. The first-order chi connectivity index (χ1) is 9.31. The molecule has 0 unspecified atom stereocenters. The summed E-state index contributed by atoms with van der Waals surface area (Å²) in [4.78, 5) is 10.9. The SMILES string of the molecule is Cc1ccc(Nc2cc(N3CCCC3)ncn2)cc1. The van der Waals surface area contributed by atoms with Gasteiger partial charge in [0.25, 0.3) is 0 Å². The highest BCUT2D eigenvalue weighted by Crippen LogP contribution is 2.21. The number of aryl methyl sites for hydroxylation is 1. The first-order valence-electron chi connectivity index (χ1n) is 6.72. The van der Waals surface area contributed by atoms with Gasteiger partial charge >= 0.3 is 0 Å². The molecule has 19 heavy (non-hydrogen) atoms. The van der Waals surface area contributed by atoms with Crippen molar-refractivity contribution < 1.29 is 0 Å². The van der Waals surface area contributed by atoms with Crippen molar-refractivity contribution in [3.63, 3.8) is 0 Å².